The van der Waals surface area contributed by atoms with Gasteiger partial charge < -0.3 is 9.84 Å². The first-order chi connectivity index (χ1) is 19.0. The highest BCUT2D eigenvalue weighted by molar-refractivity contribution is 5.88. The third kappa shape index (κ3) is 8.87. The van der Waals surface area contributed by atoms with Crippen molar-refractivity contribution in [2.24, 2.45) is 0 Å². The second-order valence-corrected chi connectivity index (χ2v) is 12.0. The normalized spacial score (nSPS) is 17.2. The molecule has 1 aliphatic heterocycles. The van der Waals surface area contributed by atoms with Gasteiger partial charge in [-0.1, -0.05) is 65.3 Å². The monoisotopic (exact) mass is 543 g/mol. The van der Waals surface area contributed by atoms with E-state index in [-0.39, 0.29) is 5.60 Å². The first-order valence-corrected chi connectivity index (χ1v) is 14.8. The van der Waals surface area contributed by atoms with E-state index in [0.29, 0.717) is 6.54 Å². The summed E-state index contributed by atoms with van der Waals surface area (Å²) in [6, 6.07) is 11.8. The minimum absolute atomic E-state index is 0.222. The molecule has 0 spiro atoms. The maximum absolute atomic E-state index is 12.3. The third-order valence-electron chi connectivity index (χ3n) is 8.16. The van der Waals surface area contributed by atoms with Crippen LogP contribution in [0.3, 0.4) is 0 Å². The summed E-state index contributed by atoms with van der Waals surface area (Å²) in [7, 11) is 0. The average molecular weight is 544 g/mol. The fraction of sp³-hybridized carbons (Fsp3) is 0.472. The summed E-state index contributed by atoms with van der Waals surface area (Å²) in [6.45, 7) is 15.4. The van der Waals surface area contributed by atoms with Crippen molar-refractivity contribution in [3.63, 3.8) is 0 Å². The number of nitrogens with zero attached hydrogens (tertiary/aromatic N) is 1. The van der Waals surface area contributed by atoms with E-state index < -0.39 is 6.09 Å². The van der Waals surface area contributed by atoms with Crippen LogP contribution in [0, 0.1) is 13.8 Å². The van der Waals surface area contributed by atoms with Gasteiger partial charge in [-0.15, -0.1) is 0 Å². The van der Waals surface area contributed by atoms with E-state index in [9.17, 15) is 9.90 Å². The summed E-state index contributed by atoms with van der Waals surface area (Å²) >= 11 is 0. The van der Waals surface area contributed by atoms with Gasteiger partial charge in [0, 0.05) is 0 Å². The lowest BCUT2D eigenvalue weighted by Crippen LogP contribution is -2.37. The van der Waals surface area contributed by atoms with Crippen LogP contribution in [-0.2, 0) is 13.0 Å². The molecule has 0 radical (unpaired) electrons. The third-order valence-corrected chi connectivity index (χ3v) is 8.16. The number of carboxylic acid groups (broad SMARTS) is 1. The molecule has 2 aromatic rings. The Balaban J connectivity index is 1.62. The van der Waals surface area contributed by atoms with E-state index in [1.165, 1.54) is 21.6 Å². The molecule has 1 amide bonds. The van der Waals surface area contributed by atoms with Crippen LogP contribution in [0.2, 0.25) is 0 Å². The number of allylic oxidation sites excluding steroid dienone is 6. The molecule has 0 fully saturated rings. The smallest absolute Gasteiger partial charge is 0.412 e. The molecule has 3 rings (SSSR count). The Morgan fingerprint density at radius 2 is 1.57 bits per heavy atom. The van der Waals surface area contributed by atoms with E-state index in [1.807, 2.05) is 43.3 Å². The van der Waals surface area contributed by atoms with Crippen molar-refractivity contribution in [3.8, 4) is 5.75 Å². The zero-order valence-electron chi connectivity index (χ0n) is 25.8. The van der Waals surface area contributed by atoms with Gasteiger partial charge in [0.15, 0.2) is 0 Å². The molecule has 1 atom stereocenters. The van der Waals surface area contributed by atoms with Crippen LogP contribution in [0.15, 0.2) is 71.3 Å². The highest BCUT2D eigenvalue weighted by Crippen LogP contribution is 2.42. The molecule has 0 saturated carbocycles. The highest BCUT2D eigenvalue weighted by Gasteiger charge is 2.33. The van der Waals surface area contributed by atoms with Crippen molar-refractivity contribution < 1.29 is 14.6 Å². The summed E-state index contributed by atoms with van der Waals surface area (Å²) in [5.74, 6) is 0.939. The van der Waals surface area contributed by atoms with Crippen molar-refractivity contribution in [1.82, 2.24) is 0 Å². The Morgan fingerprint density at radius 1 is 0.950 bits per heavy atom. The molecule has 0 aliphatic carbocycles. The average Bonchev–Trinajstić information content (AvgIpc) is 2.90. The molecular weight excluding hydrogens is 494 g/mol. The number of rotatable bonds is 12. The van der Waals surface area contributed by atoms with Crippen LogP contribution in [0.25, 0.3) is 0 Å². The Labute approximate surface area is 242 Å². The van der Waals surface area contributed by atoms with Crippen molar-refractivity contribution in [1.29, 1.82) is 0 Å². The highest BCUT2D eigenvalue weighted by atomic mass is 16.5. The van der Waals surface area contributed by atoms with Gasteiger partial charge in [-0.05, 0) is 128 Å². The maximum atomic E-state index is 12.3. The van der Waals surface area contributed by atoms with Gasteiger partial charge in [0.05, 0.1) is 12.2 Å². The molecule has 0 saturated heterocycles. The van der Waals surface area contributed by atoms with Crippen molar-refractivity contribution in [2.45, 2.75) is 112 Å². The van der Waals surface area contributed by atoms with Crippen molar-refractivity contribution in [2.75, 3.05) is 4.90 Å². The van der Waals surface area contributed by atoms with Crippen LogP contribution < -0.4 is 9.64 Å². The lowest BCUT2D eigenvalue weighted by Gasteiger charge is -2.38. The zero-order valence-corrected chi connectivity index (χ0v) is 25.8. The number of hydrogen-bond donors (Lipinski definition) is 1. The van der Waals surface area contributed by atoms with Crippen LogP contribution in [0.5, 0.6) is 5.75 Å². The summed E-state index contributed by atoms with van der Waals surface area (Å²) in [5.41, 5.74) is 8.91. The quantitative estimate of drug-likeness (QED) is 0.271. The number of anilines is 1. The van der Waals surface area contributed by atoms with E-state index >= 15 is 0 Å². The second-order valence-electron chi connectivity index (χ2n) is 12.0. The molecule has 1 N–H and O–H groups in total. The lowest BCUT2D eigenvalue weighted by molar-refractivity contribution is 0.0562. The number of ether oxygens (including phenoxy) is 1. The minimum Gasteiger partial charge on any atom is -0.487 e. The van der Waals surface area contributed by atoms with Gasteiger partial charge in [-0.2, -0.15) is 0 Å². The van der Waals surface area contributed by atoms with Gasteiger partial charge in [0.1, 0.15) is 11.4 Å². The summed E-state index contributed by atoms with van der Waals surface area (Å²) in [6.07, 6.45) is 14.4. The van der Waals surface area contributed by atoms with Gasteiger partial charge >= 0.3 is 6.09 Å². The molecule has 1 aliphatic rings. The summed E-state index contributed by atoms with van der Waals surface area (Å²) in [5, 5.41) is 10.0. The summed E-state index contributed by atoms with van der Waals surface area (Å²) in [4.78, 5) is 13.7. The Bertz CT molecular complexity index is 1250. The number of aryl methyl sites for hydroxylation is 1. The fourth-order valence-electron chi connectivity index (χ4n) is 5.41. The minimum atomic E-state index is -0.940. The SMILES string of the molecule is CC(C)=CCCC(C)=CCCC(C)=CCCC1(C)CCc2cc(N(Cc3ccccc3)C(=O)O)c(C)c(C)c2O1. The van der Waals surface area contributed by atoms with E-state index in [4.69, 9.17) is 4.74 Å². The molecule has 4 nitrogen and oxygen atoms in total. The largest absolute Gasteiger partial charge is 0.487 e. The van der Waals surface area contributed by atoms with Crippen molar-refractivity contribution in [3.05, 3.63) is 93.6 Å². The Morgan fingerprint density at radius 3 is 2.20 bits per heavy atom. The zero-order chi connectivity index (χ0) is 29.3. The molecule has 0 bridgehead atoms. The van der Waals surface area contributed by atoms with Gasteiger partial charge in [0.25, 0.3) is 0 Å². The molecular formula is C36H49NO3. The molecule has 40 heavy (non-hydrogen) atoms. The standard InChI is InChI=1S/C36H49NO3/c1-26(2)14-11-15-27(3)16-12-17-28(4)18-13-22-36(7)23-21-32-24-33(29(5)30(6)34(32)40-36)37(35(38)39)25-31-19-9-8-10-20-31/h8-10,14,16,18-20,24H,11-13,15,17,21-23,25H2,1-7H3,(H,38,39). The predicted octanol–water partition coefficient (Wildman–Crippen LogP) is 10.3. The second kappa shape index (κ2) is 14.4. The number of carbonyl (C=O) groups is 1. The molecule has 1 unspecified atom stereocenters. The molecule has 2 aromatic carbocycles. The topological polar surface area (TPSA) is 49.8 Å². The van der Waals surface area contributed by atoms with E-state index in [2.05, 4.69) is 59.8 Å². The first kappa shape index (κ1) is 31.3. The maximum Gasteiger partial charge on any atom is 0.412 e. The number of amides is 1. The van der Waals surface area contributed by atoms with Crippen LogP contribution >= 0.6 is 0 Å². The van der Waals surface area contributed by atoms with Crippen molar-refractivity contribution >= 4 is 11.8 Å². The van der Waals surface area contributed by atoms with Crippen LogP contribution in [0.1, 0.15) is 102 Å². The van der Waals surface area contributed by atoms with Crippen LogP contribution in [-0.4, -0.2) is 16.8 Å². The Hall–Kier alpha value is -3.27. The first-order valence-electron chi connectivity index (χ1n) is 14.8. The fourth-order valence-corrected chi connectivity index (χ4v) is 5.41. The van der Waals surface area contributed by atoms with E-state index in [1.54, 1.807) is 0 Å². The van der Waals surface area contributed by atoms with Gasteiger partial charge in [-0.3, -0.25) is 4.90 Å². The molecule has 4 heteroatoms. The molecule has 1 heterocycles. The van der Waals surface area contributed by atoms with Gasteiger partial charge in [0.2, 0.25) is 0 Å². The van der Waals surface area contributed by atoms with Crippen LogP contribution in [0.4, 0.5) is 10.5 Å². The molecule has 216 valence electrons. The summed E-state index contributed by atoms with van der Waals surface area (Å²) < 4.78 is 6.68. The Kier molecular flexibility index (Phi) is 11.2. The number of hydrogen-bond acceptors (Lipinski definition) is 2. The number of benzene rings is 2. The predicted molar refractivity (Wildman–Crippen MR) is 169 cm³/mol. The van der Waals surface area contributed by atoms with Gasteiger partial charge in [-0.25, -0.2) is 4.79 Å². The molecule has 0 aromatic heterocycles. The number of fused-ring (bicyclic) bond motifs is 1. The lowest BCUT2D eigenvalue weighted by atomic mass is 9.86. The van der Waals surface area contributed by atoms with E-state index in [0.717, 1.165) is 85.1 Å².